The number of ether oxygens (including phenoxy) is 2. The second-order valence-corrected chi connectivity index (χ2v) is 4.41. The number of hydrogen-bond donors (Lipinski definition) is 2. The quantitative estimate of drug-likeness (QED) is 0.833. The van der Waals surface area contributed by atoms with Gasteiger partial charge in [-0.15, -0.1) is 0 Å². The summed E-state index contributed by atoms with van der Waals surface area (Å²) in [7, 11) is 3.04. The maximum absolute atomic E-state index is 12.0. The molecule has 100 valence electrons. The van der Waals surface area contributed by atoms with Crippen molar-refractivity contribution in [2.24, 2.45) is 5.73 Å². The van der Waals surface area contributed by atoms with Crippen molar-refractivity contribution < 1.29 is 14.3 Å². The number of benzene rings is 1. The number of rotatable bonds is 5. The summed E-state index contributed by atoms with van der Waals surface area (Å²) < 4.78 is 10.3. The molecule has 0 saturated heterocycles. The van der Waals surface area contributed by atoms with Gasteiger partial charge in [-0.25, -0.2) is 0 Å². The smallest absolute Gasteiger partial charge is 0.256 e. The Bertz CT molecular complexity index is 430. The van der Waals surface area contributed by atoms with E-state index in [0.717, 1.165) is 5.56 Å². The molecule has 0 bridgehead atoms. The molecule has 0 saturated carbocycles. The van der Waals surface area contributed by atoms with Crippen molar-refractivity contribution in [2.45, 2.75) is 26.0 Å². The molecular formula is C13H20N2O3. The van der Waals surface area contributed by atoms with Gasteiger partial charge in [0.1, 0.15) is 11.4 Å². The molecule has 18 heavy (non-hydrogen) atoms. The second kappa shape index (κ2) is 5.84. The Hall–Kier alpha value is -1.59. The van der Waals surface area contributed by atoms with E-state index in [1.165, 1.54) is 7.11 Å². The lowest BCUT2D eigenvalue weighted by Gasteiger charge is -2.22. The number of nitrogens with two attached hydrogens (primary N) is 1. The number of methoxy groups -OCH3 is 2. The largest absolute Gasteiger partial charge is 0.495 e. The summed E-state index contributed by atoms with van der Waals surface area (Å²) in [6.07, 6.45) is 0. The van der Waals surface area contributed by atoms with E-state index in [2.05, 4.69) is 5.32 Å². The molecular weight excluding hydrogens is 232 g/mol. The standard InChI is InChI=1S/C13H20N2O3/c1-13(2,18-4)12(16)15-10-6-5-9(8-14)7-11(10)17-3/h5-7H,8,14H2,1-4H3,(H,15,16). The van der Waals surface area contributed by atoms with Gasteiger partial charge in [0, 0.05) is 13.7 Å². The fourth-order valence-corrected chi connectivity index (χ4v) is 1.33. The van der Waals surface area contributed by atoms with Crippen LogP contribution in [0.25, 0.3) is 0 Å². The van der Waals surface area contributed by atoms with Crippen LogP contribution in [0.2, 0.25) is 0 Å². The van der Waals surface area contributed by atoms with Gasteiger partial charge in [0.25, 0.3) is 5.91 Å². The maximum Gasteiger partial charge on any atom is 0.256 e. The summed E-state index contributed by atoms with van der Waals surface area (Å²) in [5, 5.41) is 2.77. The molecule has 0 aliphatic heterocycles. The summed E-state index contributed by atoms with van der Waals surface area (Å²) in [5.74, 6) is 0.349. The van der Waals surface area contributed by atoms with E-state index in [0.29, 0.717) is 18.0 Å². The van der Waals surface area contributed by atoms with Gasteiger partial charge in [-0.05, 0) is 31.5 Å². The van der Waals surface area contributed by atoms with Crippen molar-refractivity contribution in [3.63, 3.8) is 0 Å². The molecule has 0 heterocycles. The summed E-state index contributed by atoms with van der Waals surface area (Å²) in [6, 6.07) is 5.41. The van der Waals surface area contributed by atoms with Gasteiger partial charge in [0.2, 0.25) is 0 Å². The third kappa shape index (κ3) is 3.21. The Kier molecular flexibility index (Phi) is 4.69. The van der Waals surface area contributed by atoms with Crippen LogP contribution < -0.4 is 15.8 Å². The van der Waals surface area contributed by atoms with Crippen molar-refractivity contribution in [3.05, 3.63) is 23.8 Å². The minimum Gasteiger partial charge on any atom is -0.495 e. The Morgan fingerprint density at radius 1 is 1.39 bits per heavy atom. The number of amides is 1. The molecule has 1 aromatic carbocycles. The van der Waals surface area contributed by atoms with Crippen LogP contribution >= 0.6 is 0 Å². The van der Waals surface area contributed by atoms with Crippen LogP contribution in [-0.2, 0) is 16.1 Å². The highest BCUT2D eigenvalue weighted by Crippen LogP contribution is 2.26. The predicted octanol–water partition coefficient (Wildman–Crippen LogP) is 1.52. The first kappa shape index (κ1) is 14.5. The van der Waals surface area contributed by atoms with Crippen LogP contribution in [0.5, 0.6) is 5.75 Å². The number of hydrogen-bond acceptors (Lipinski definition) is 4. The van der Waals surface area contributed by atoms with Crippen LogP contribution in [-0.4, -0.2) is 25.7 Å². The lowest BCUT2D eigenvalue weighted by molar-refractivity contribution is -0.133. The molecule has 1 rings (SSSR count). The fraction of sp³-hybridized carbons (Fsp3) is 0.462. The third-order valence-corrected chi connectivity index (χ3v) is 2.81. The van der Waals surface area contributed by atoms with E-state index in [9.17, 15) is 4.79 Å². The summed E-state index contributed by atoms with van der Waals surface area (Å²) in [5.41, 5.74) is 6.20. The van der Waals surface area contributed by atoms with E-state index >= 15 is 0 Å². The third-order valence-electron chi connectivity index (χ3n) is 2.81. The van der Waals surface area contributed by atoms with Gasteiger partial charge in [-0.1, -0.05) is 6.07 Å². The van der Waals surface area contributed by atoms with Crippen molar-refractivity contribution in [1.82, 2.24) is 0 Å². The highest BCUT2D eigenvalue weighted by molar-refractivity contribution is 5.97. The summed E-state index contributed by atoms with van der Waals surface area (Å²) in [6.45, 7) is 3.82. The fourth-order valence-electron chi connectivity index (χ4n) is 1.33. The lowest BCUT2D eigenvalue weighted by Crippen LogP contribution is -2.38. The zero-order valence-corrected chi connectivity index (χ0v) is 11.2. The first-order chi connectivity index (χ1) is 8.44. The van der Waals surface area contributed by atoms with Gasteiger partial charge in [-0.2, -0.15) is 0 Å². The number of carbonyl (C=O) groups excluding carboxylic acids is 1. The molecule has 1 amide bonds. The Balaban J connectivity index is 2.94. The van der Waals surface area contributed by atoms with Crippen LogP contribution in [0, 0.1) is 0 Å². The van der Waals surface area contributed by atoms with Gasteiger partial charge in [-0.3, -0.25) is 4.79 Å². The van der Waals surface area contributed by atoms with Crippen LogP contribution in [0.15, 0.2) is 18.2 Å². The Labute approximate surface area is 107 Å². The van der Waals surface area contributed by atoms with Crippen molar-refractivity contribution in [2.75, 3.05) is 19.5 Å². The number of carbonyl (C=O) groups is 1. The van der Waals surface area contributed by atoms with E-state index in [-0.39, 0.29) is 5.91 Å². The molecule has 5 nitrogen and oxygen atoms in total. The van der Waals surface area contributed by atoms with Gasteiger partial charge in [0.15, 0.2) is 0 Å². The van der Waals surface area contributed by atoms with Crippen molar-refractivity contribution in [1.29, 1.82) is 0 Å². The Morgan fingerprint density at radius 2 is 2.06 bits per heavy atom. The average molecular weight is 252 g/mol. The molecule has 0 spiro atoms. The monoisotopic (exact) mass is 252 g/mol. The molecule has 0 radical (unpaired) electrons. The average Bonchev–Trinajstić information content (AvgIpc) is 2.38. The normalized spacial score (nSPS) is 11.2. The summed E-state index contributed by atoms with van der Waals surface area (Å²) >= 11 is 0. The molecule has 0 aromatic heterocycles. The van der Waals surface area contributed by atoms with Gasteiger partial charge < -0.3 is 20.5 Å². The van der Waals surface area contributed by atoms with E-state index < -0.39 is 5.60 Å². The van der Waals surface area contributed by atoms with Crippen LogP contribution in [0.1, 0.15) is 19.4 Å². The minimum atomic E-state index is -0.891. The van der Waals surface area contributed by atoms with E-state index in [1.54, 1.807) is 33.1 Å². The van der Waals surface area contributed by atoms with Gasteiger partial charge >= 0.3 is 0 Å². The summed E-state index contributed by atoms with van der Waals surface area (Å²) in [4.78, 5) is 12.0. The highest BCUT2D eigenvalue weighted by atomic mass is 16.5. The topological polar surface area (TPSA) is 73.6 Å². The van der Waals surface area contributed by atoms with Crippen LogP contribution in [0.3, 0.4) is 0 Å². The second-order valence-electron chi connectivity index (χ2n) is 4.41. The number of anilines is 1. The first-order valence-corrected chi connectivity index (χ1v) is 5.68. The molecule has 0 aliphatic carbocycles. The van der Waals surface area contributed by atoms with E-state index in [1.807, 2.05) is 6.07 Å². The van der Waals surface area contributed by atoms with Crippen LogP contribution in [0.4, 0.5) is 5.69 Å². The van der Waals surface area contributed by atoms with Crippen molar-refractivity contribution >= 4 is 11.6 Å². The molecule has 0 fully saturated rings. The predicted molar refractivity (Wildman–Crippen MR) is 70.6 cm³/mol. The molecule has 0 aliphatic rings. The SMILES string of the molecule is COc1cc(CN)ccc1NC(=O)C(C)(C)OC. The molecule has 1 aromatic rings. The molecule has 5 heteroatoms. The Morgan fingerprint density at radius 3 is 2.56 bits per heavy atom. The molecule has 3 N–H and O–H groups in total. The molecule has 0 unspecified atom stereocenters. The number of nitrogens with one attached hydrogen (secondary N) is 1. The zero-order valence-electron chi connectivity index (χ0n) is 11.2. The van der Waals surface area contributed by atoms with Crippen molar-refractivity contribution in [3.8, 4) is 5.75 Å². The molecule has 0 atom stereocenters. The zero-order chi connectivity index (χ0) is 13.8. The van der Waals surface area contributed by atoms with E-state index in [4.69, 9.17) is 15.2 Å². The lowest BCUT2D eigenvalue weighted by atomic mass is 10.1. The van der Waals surface area contributed by atoms with Gasteiger partial charge in [0.05, 0.1) is 12.8 Å². The minimum absolute atomic E-state index is 0.233. The highest BCUT2D eigenvalue weighted by Gasteiger charge is 2.27. The first-order valence-electron chi connectivity index (χ1n) is 5.68. The maximum atomic E-state index is 12.0.